The van der Waals surface area contributed by atoms with Crippen LogP contribution in [0.25, 0.3) is 10.8 Å². The molecule has 1 atom stereocenters. The average molecular weight is 742 g/mol. The van der Waals surface area contributed by atoms with Crippen LogP contribution in [0.2, 0.25) is 0 Å². The number of nitrogens with zero attached hydrogens (tertiary/aromatic N) is 1. The molecular formula is C34H32BCl4NOSn. The van der Waals surface area contributed by atoms with Crippen molar-refractivity contribution >= 4 is 72.8 Å². The van der Waals surface area contributed by atoms with E-state index in [0.717, 1.165) is 6.54 Å². The van der Waals surface area contributed by atoms with Crippen LogP contribution in [0.1, 0.15) is 30.5 Å². The van der Waals surface area contributed by atoms with Gasteiger partial charge in [0.25, 0.3) is 0 Å². The third-order valence-electron chi connectivity index (χ3n) is 7.73. The summed E-state index contributed by atoms with van der Waals surface area (Å²) in [5.74, 6) is 0.337. The van der Waals surface area contributed by atoms with Crippen LogP contribution in [-0.2, 0) is 16.8 Å². The van der Waals surface area contributed by atoms with Gasteiger partial charge < -0.3 is 9.47 Å². The van der Waals surface area contributed by atoms with Crippen LogP contribution >= 0.6 is 35.7 Å². The zero-order chi connectivity index (χ0) is 29.7. The van der Waals surface area contributed by atoms with Crippen molar-refractivity contribution in [1.29, 1.82) is 0 Å². The molecule has 1 aliphatic heterocycles. The van der Waals surface area contributed by atoms with E-state index in [9.17, 15) is 0 Å². The number of benzene rings is 5. The van der Waals surface area contributed by atoms with E-state index >= 15 is 0 Å². The number of fused-ring (bicyclic) bond motifs is 1. The third-order valence-corrected chi connectivity index (χ3v) is 7.73. The van der Waals surface area contributed by atoms with Gasteiger partial charge in [-0.25, -0.2) is 0 Å². The Balaban J connectivity index is 0.000000652. The van der Waals surface area contributed by atoms with Crippen molar-refractivity contribution < 1.29 is 4.65 Å². The summed E-state index contributed by atoms with van der Waals surface area (Å²) in [5.41, 5.74) is 4.29. The molecule has 5 aromatic rings. The van der Waals surface area contributed by atoms with E-state index in [4.69, 9.17) is 40.3 Å². The van der Waals surface area contributed by atoms with Crippen molar-refractivity contribution in [1.82, 2.24) is 4.81 Å². The molecule has 8 heteroatoms. The molecule has 2 nitrogen and oxygen atoms in total. The topological polar surface area (TPSA) is 12.5 Å². The van der Waals surface area contributed by atoms with Gasteiger partial charge in [-0.05, 0) is 38.8 Å². The molecule has 0 unspecified atom stereocenters. The van der Waals surface area contributed by atoms with Crippen molar-refractivity contribution in [3.8, 4) is 0 Å². The second-order valence-electron chi connectivity index (χ2n) is 10.8. The molecular weight excluding hydrogens is 710 g/mol. The first kappa shape index (κ1) is 31.7. The molecule has 1 heterocycles. The van der Waals surface area contributed by atoms with Crippen LogP contribution in [-0.4, -0.2) is 31.8 Å². The van der Waals surface area contributed by atoms with Gasteiger partial charge in [0.1, 0.15) is 5.60 Å². The van der Waals surface area contributed by atoms with Gasteiger partial charge in [0.2, 0.25) is 0 Å². The first-order valence-corrected chi connectivity index (χ1v) is 28.5. The SMILES string of the molecule is CC(C)[C@@H]1N(Cc2cccc3ccccc23)B(c2ccccc2)OC1(c1ccccc1)c1ccccc1.[Cl][Sn]([Cl])([Cl])[Cl]. The number of halogens is 4. The van der Waals surface area contributed by atoms with Crippen LogP contribution in [0.3, 0.4) is 0 Å². The van der Waals surface area contributed by atoms with Crippen molar-refractivity contribution in [2.75, 3.05) is 0 Å². The van der Waals surface area contributed by atoms with Gasteiger partial charge in [-0.3, -0.25) is 0 Å². The second-order valence-corrected chi connectivity index (χ2v) is 36.2. The summed E-state index contributed by atoms with van der Waals surface area (Å²) < 4.78 is 7.40. The van der Waals surface area contributed by atoms with Crippen LogP contribution in [0.15, 0.2) is 133 Å². The van der Waals surface area contributed by atoms with Crippen LogP contribution < -0.4 is 5.46 Å². The Morgan fingerprint density at radius 2 is 1.17 bits per heavy atom. The molecule has 0 amide bonds. The second kappa shape index (κ2) is 13.9. The number of rotatable bonds is 6. The Morgan fingerprint density at radius 1 is 0.690 bits per heavy atom. The predicted molar refractivity (Wildman–Crippen MR) is 184 cm³/mol. The molecule has 1 aliphatic rings. The summed E-state index contributed by atoms with van der Waals surface area (Å²) in [7, 11) is 20.0. The zero-order valence-electron chi connectivity index (χ0n) is 23.5. The van der Waals surface area contributed by atoms with Gasteiger partial charge >= 0.3 is 56.6 Å². The summed E-state index contributed by atoms with van der Waals surface area (Å²) in [5, 5.41) is 2.58. The van der Waals surface area contributed by atoms with E-state index in [2.05, 4.69) is 152 Å². The monoisotopic (exact) mass is 741 g/mol. The van der Waals surface area contributed by atoms with Gasteiger partial charge in [-0.15, -0.1) is 0 Å². The van der Waals surface area contributed by atoms with E-state index < -0.39 is 19.5 Å². The summed E-state index contributed by atoms with van der Waals surface area (Å²) in [4.78, 5) is 2.60. The normalized spacial score (nSPS) is 16.8. The van der Waals surface area contributed by atoms with Crippen molar-refractivity contribution in [3.05, 3.63) is 150 Å². The molecule has 0 aliphatic carbocycles. The van der Waals surface area contributed by atoms with Crippen LogP contribution in [0.4, 0.5) is 0 Å². The molecule has 42 heavy (non-hydrogen) atoms. The van der Waals surface area contributed by atoms with Gasteiger partial charge in [-0.1, -0.05) is 147 Å². The minimum atomic E-state index is -3.29. The Bertz CT molecular complexity index is 1530. The summed E-state index contributed by atoms with van der Waals surface area (Å²) in [6, 6.07) is 47.8. The maximum absolute atomic E-state index is 7.40. The maximum atomic E-state index is 7.40. The van der Waals surface area contributed by atoms with Gasteiger partial charge in [0.05, 0.1) is 0 Å². The van der Waals surface area contributed by atoms with Gasteiger partial charge in [0.15, 0.2) is 0 Å². The van der Waals surface area contributed by atoms with Crippen LogP contribution in [0.5, 0.6) is 0 Å². The minimum absolute atomic E-state index is 0.112. The van der Waals surface area contributed by atoms with Crippen molar-refractivity contribution in [2.45, 2.75) is 32.0 Å². The molecule has 5 aromatic carbocycles. The fourth-order valence-corrected chi connectivity index (χ4v) is 6.25. The molecule has 214 valence electrons. The fourth-order valence-electron chi connectivity index (χ4n) is 6.25. The molecule has 0 radical (unpaired) electrons. The Kier molecular flexibility index (Phi) is 10.5. The average Bonchev–Trinajstić information content (AvgIpc) is 3.34. The third kappa shape index (κ3) is 7.16. The fraction of sp³-hybridized carbons (Fsp3) is 0.176. The summed E-state index contributed by atoms with van der Waals surface area (Å²) >= 11 is -3.29. The summed E-state index contributed by atoms with van der Waals surface area (Å²) in [6.45, 7) is 5.46. The standard InChI is InChI=1S/C34H32BNO.4ClH.Sn/c1-26(2)33-34(29-18-6-3-7-19-29,30-20-8-4-9-21-30)37-35(31-22-10-5-11-23-31)36(33)25-28-17-14-16-27-15-12-13-24-32(27)28;;;;;/h3-24,26,33H,25H2,1-2H3;4*1H;/q;;;;;+4/p-4/t33-;;;;;/m0...../s1. The molecule has 0 bridgehead atoms. The Morgan fingerprint density at radius 3 is 1.71 bits per heavy atom. The Hall–Kier alpha value is -1.70. The van der Waals surface area contributed by atoms with E-state index in [1.165, 1.54) is 32.9 Å². The molecule has 0 N–H and O–H groups in total. The zero-order valence-corrected chi connectivity index (χ0v) is 29.4. The molecule has 1 saturated heterocycles. The molecule has 0 saturated carbocycles. The quantitative estimate of drug-likeness (QED) is 0.161. The number of hydrogen-bond acceptors (Lipinski definition) is 2. The van der Waals surface area contributed by atoms with E-state index in [-0.39, 0.29) is 13.1 Å². The molecule has 6 rings (SSSR count). The molecule has 0 spiro atoms. The molecule has 1 fully saturated rings. The first-order valence-electron chi connectivity index (χ1n) is 14.0. The van der Waals surface area contributed by atoms with Crippen molar-refractivity contribution in [3.63, 3.8) is 0 Å². The van der Waals surface area contributed by atoms with E-state index in [0.29, 0.717) is 5.92 Å². The first-order chi connectivity index (χ1) is 20.2. The predicted octanol–water partition coefficient (Wildman–Crippen LogP) is 9.41. The number of hydrogen-bond donors (Lipinski definition) is 0. The molecule has 0 aromatic heterocycles. The van der Waals surface area contributed by atoms with Crippen molar-refractivity contribution in [2.24, 2.45) is 5.92 Å². The van der Waals surface area contributed by atoms with E-state index in [1.54, 1.807) is 0 Å². The van der Waals surface area contributed by atoms with Crippen LogP contribution in [0, 0.1) is 5.92 Å². The van der Waals surface area contributed by atoms with E-state index in [1.807, 2.05) is 0 Å². The van der Waals surface area contributed by atoms with Gasteiger partial charge in [-0.2, -0.15) is 0 Å². The van der Waals surface area contributed by atoms with Gasteiger partial charge in [0, 0.05) is 12.6 Å². The Labute approximate surface area is 268 Å². The summed E-state index contributed by atoms with van der Waals surface area (Å²) in [6.07, 6.45) is 0.